The van der Waals surface area contributed by atoms with E-state index >= 15 is 0 Å². The van der Waals surface area contributed by atoms with Gasteiger partial charge in [0.15, 0.2) is 11.6 Å². The van der Waals surface area contributed by atoms with Gasteiger partial charge in [0.25, 0.3) is 11.6 Å². The summed E-state index contributed by atoms with van der Waals surface area (Å²) >= 11 is 0. The summed E-state index contributed by atoms with van der Waals surface area (Å²) in [4.78, 5) is 21.3. The zero-order valence-corrected chi connectivity index (χ0v) is 9.73. The lowest BCUT2D eigenvalue weighted by molar-refractivity contribution is -0.385. The van der Waals surface area contributed by atoms with Crippen LogP contribution in [-0.4, -0.2) is 23.9 Å². The molecule has 0 heterocycles. The first-order valence-electron chi connectivity index (χ1n) is 5.24. The Morgan fingerprint density at radius 2 is 2.00 bits per heavy atom. The smallest absolute Gasteiger partial charge is 0.285 e. The number of nitrogens with one attached hydrogen (secondary N) is 1. The molecule has 0 atom stereocenters. The number of carbonyl (C=O) groups is 1. The van der Waals surface area contributed by atoms with E-state index in [1.54, 1.807) is 6.08 Å². The van der Waals surface area contributed by atoms with Crippen molar-refractivity contribution in [3.63, 3.8) is 0 Å². The average Bonchev–Trinajstić information content (AvgIpc) is 2.36. The monoisotopic (exact) mass is 271 g/mol. The van der Waals surface area contributed by atoms with E-state index in [2.05, 4.69) is 5.32 Å². The molecule has 0 fully saturated rings. The lowest BCUT2D eigenvalue weighted by Crippen LogP contribution is -2.24. The number of hydrogen-bond donors (Lipinski definition) is 2. The van der Waals surface area contributed by atoms with Crippen LogP contribution in [-0.2, 0) is 0 Å². The van der Waals surface area contributed by atoms with Crippen molar-refractivity contribution in [2.24, 2.45) is 5.73 Å². The van der Waals surface area contributed by atoms with Crippen molar-refractivity contribution >= 4 is 11.6 Å². The molecular weight excluding hydrogens is 260 g/mol. The van der Waals surface area contributed by atoms with Crippen LogP contribution in [0.25, 0.3) is 0 Å². The van der Waals surface area contributed by atoms with Gasteiger partial charge >= 0.3 is 0 Å². The van der Waals surface area contributed by atoms with E-state index in [4.69, 9.17) is 5.73 Å². The predicted molar refractivity (Wildman–Crippen MR) is 63.5 cm³/mol. The van der Waals surface area contributed by atoms with Gasteiger partial charge in [0.2, 0.25) is 0 Å². The summed E-state index contributed by atoms with van der Waals surface area (Å²) in [6.45, 7) is 0.355. The van der Waals surface area contributed by atoms with Gasteiger partial charge in [0.1, 0.15) is 5.56 Å². The summed E-state index contributed by atoms with van der Waals surface area (Å²) in [6.07, 6.45) is 3.10. The molecule has 0 aliphatic carbocycles. The molecule has 0 aliphatic heterocycles. The molecule has 8 heteroatoms. The highest BCUT2D eigenvalue weighted by atomic mass is 19.2. The highest BCUT2D eigenvalue weighted by molar-refractivity contribution is 5.98. The molecule has 1 aromatic rings. The van der Waals surface area contributed by atoms with Gasteiger partial charge in [0, 0.05) is 13.1 Å². The molecule has 0 aromatic heterocycles. The van der Waals surface area contributed by atoms with Crippen molar-refractivity contribution < 1.29 is 18.5 Å². The Morgan fingerprint density at radius 1 is 1.37 bits per heavy atom. The number of nitrogens with two attached hydrogens (primary N) is 1. The van der Waals surface area contributed by atoms with Crippen LogP contribution in [0.2, 0.25) is 0 Å². The van der Waals surface area contributed by atoms with Crippen LogP contribution in [0.15, 0.2) is 24.3 Å². The van der Waals surface area contributed by atoms with Crippen molar-refractivity contribution in [3.8, 4) is 0 Å². The summed E-state index contributed by atoms with van der Waals surface area (Å²) in [7, 11) is 0. The maximum Gasteiger partial charge on any atom is 0.285 e. The van der Waals surface area contributed by atoms with Gasteiger partial charge in [-0.2, -0.15) is 0 Å². The van der Waals surface area contributed by atoms with Crippen molar-refractivity contribution in [1.29, 1.82) is 0 Å². The molecule has 3 N–H and O–H groups in total. The average molecular weight is 271 g/mol. The second kappa shape index (κ2) is 6.55. The van der Waals surface area contributed by atoms with E-state index in [0.29, 0.717) is 12.1 Å². The van der Waals surface area contributed by atoms with E-state index in [0.717, 1.165) is 0 Å². The van der Waals surface area contributed by atoms with E-state index in [1.807, 2.05) is 0 Å². The zero-order chi connectivity index (χ0) is 14.4. The minimum absolute atomic E-state index is 0.0756. The molecule has 0 bridgehead atoms. The highest BCUT2D eigenvalue weighted by Gasteiger charge is 2.23. The van der Waals surface area contributed by atoms with E-state index in [-0.39, 0.29) is 13.1 Å². The molecule has 0 spiro atoms. The second-order valence-corrected chi connectivity index (χ2v) is 3.46. The summed E-state index contributed by atoms with van der Waals surface area (Å²) in [5.41, 5.74) is 3.85. The number of nitrogens with zero attached hydrogens (tertiary/aromatic N) is 1. The summed E-state index contributed by atoms with van der Waals surface area (Å²) in [5.74, 6) is -3.58. The van der Waals surface area contributed by atoms with Crippen LogP contribution in [0.5, 0.6) is 0 Å². The molecule has 0 unspecified atom stereocenters. The quantitative estimate of drug-likeness (QED) is 0.476. The van der Waals surface area contributed by atoms with Crippen LogP contribution < -0.4 is 11.1 Å². The maximum absolute atomic E-state index is 13.0. The number of nitro benzene ring substituents is 1. The van der Waals surface area contributed by atoms with Crippen molar-refractivity contribution in [2.45, 2.75) is 0 Å². The fourth-order valence-corrected chi connectivity index (χ4v) is 1.30. The molecule has 1 aromatic carbocycles. The molecule has 0 radical (unpaired) electrons. The van der Waals surface area contributed by atoms with E-state index < -0.39 is 33.7 Å². The third-order valence-corrected chi connectivity index (χ3v) is 2.16. The van der Waals surface area contributed by atoms with Gasteiger partial charge in [-0.05, 0) is 6.07 Å². The van der Waals surface area contributed by atoms with Crippen LogP contribution in [0.3, 0.4) is 0 Å². The Kier molecular flexibility index (Phi) is 5.07. The zero-order valence-electron chi connectivity index (χ0n) is 9.73. The Bertz CT molecular complexity index is 532. The normalized spacial score (nSPS) is 10.7. The molecule has 1 amide bonds. The Labute approximate surface area is 107 Å². The standard InChI is InChI=1S/C11H11F2N3O3/c12-8-5-7(10(16(18)19)6-9(8)13)11(17)15-4-2-1-3-14/h1-2,5-6H,3-4,14H2,(H,15,17)/b2-1+. The summed E-state index contributed by atoms with van der Waals surface area (Å²) < 4.78 is 25.9. The first-order chi connectivity index (χ1) is 8.97. The third kappa shape index (κ3) is 3.81. The molecule has 6 nitrogen and oxygen atoms in total. The maximum atomic E-state index is 13.0. The lowest BCUT2D eigenvalue weighted by Gasteiger charge is -2.04. The Morgan fingerprint density at radius 3 is 2.58 bits per heavy atom. The number of carbonyl (C=O) groups excluding carboxylic acids is 1. The van der Waals surface area contributed by atoms with Gasteiger partial charge in [0.05, 0.1) is 11.0 Å². The number of amides is 1. The minimum atomic E-state index is -1.38. The third-order valence-electron chi connectivity index (χ3n) is 2.16. The molecule has 0 saturated carbocycles. The first kappa shape index (κ1) is 14.7. The van der Waals surface area contributed by atoms with Crippen LogP contribution >= 0.6 is 0 Å². The highest BCUT2D eigenvalue weighted by Crippen LogP contribution is 2.22. The Hall–Kier alpha value is -2.35. The van der Waals surface area contributed by atoms with Gasteiger partial charge in [-0.15, -0.1) is 0 Å². The van der Waals surface area contributed by atoms with E-state index in [9.17, 15) is 23.7 Å². The SMILES string of the molecule is NC/C=C/CNC(=O)c1cc(F)c(F)cc1[N+](=O)[O-]. The van der Waals surface area contributed by atoms with Gasteiger partial charge in [-0.1, -0.05) is 12.2 Å². The number of benzene rings is 1. The Balaban J connectivity index is 2.98. The van der Waals surface area contributed by atoms with Crippen LogP contribution in [0.1, 0.15) is 10.4 Å². The van der Waals surface area contributed by atoms with Gasteiger partial charge in [-0.3, -0.25) is 14.9 Å². The van der Waals surface area contributed by atoms with Crippen molar-refractivity contribution in [1.82, 2.24) is 5.32 Å². The molecule has 102 valence electrons. The second-order valence-electron chi connectivity index (χ2n) is 3.46. The lowest BCUT2D eigenvalue weighted by atomic mass is 10.1. The number of halogens is 2. The van der Waals surface area contributed by atoms with Crippen molar-refractivity contribution in [2.75, 3.05) is 13.1 Å². The number of rotatable bonds is 5. The first-order valence-corrected chi connectivity index (χ1v) is 5.24. The molecule has 19 heavy (non-hydrogen) atoms. The molecule has 1 rings (SSSR count). The van der Waals surface area contributed by atoms with Crippen LogP contribution in [0, 0.1) is 21.7 Å². The van der Waals surface area contributed by atoms with E-state index in [1.165, 1.54) is 6.08 Å². The van der Waals surface area contributed by atoms with Gasteiger partial charge < -0.3 is 11.1 Å². The predicted octanol–water partition coefficient (Wildman–Crippen LogP) is 1.12. The fourth-order valence-electron chi connectivity index (χ4n) is 1.30. The topological polar surface area (TPSA) is 98.3 Å². The van der Waals surface area contributed by atoms with Crippen LogP contribution in [0.4, 0.5) is 14.5 Å². The largest absolute Gasteiger partial charge is 0.348 e. The number of hydrogen-bond acceptors (Lipinski definition) is 4. The molecule has 0 aliphatic rings. The fraction of sp³-hybridized carbons (Fsp3) is 0.182. The molecule has 0 saturated heterocycles. The molecular formula is C11H11F2N3O3. The summed E-state index contributed by atoms with van der Waals surface area (Å²) in [6, 6.07) is 0.870. The minimum Gasteiger partial charge on any atom is -0.348 e. The number of nitro groups is 1. The van der Waals surface area contributed by atoms with Crippen molar-refractivity contribution in [3.05, 3.63) is 51.6 Å². The van der Waals surface area contributed by atoms with Gasteiger partial charge in [-0.25, -0.2) is 8.78 Å². The summed E-state index contributed by atoms with van der Waals surface area (Å²) in [5, 5.41) is 13.0.